The maximum absolute atomic E-state index is 12.5. The van der Waals surface area contributed by atoms with E-state index >= 15 is 0 Å². The van der Waals surface area contributed by atoms with Gasteiger partial charge in [0.15, 0.2) is 0 Å². The van der Waals surface area contributed by atoms with E-state index in [0.29, 0.717) is 12.6 Å². The standard InChI is InChI=1S/C15H21N3O.ClH/c1-12-10-16-7-9-17(12)11-15(19)18-8-6-13-4-2-3-5-14(13)18;/h2-5,12,16H,6-11H2,1H3;1H. The lowest BCUT2D eigenvalue weighted by Gasteiger charge is -2.34. The first kappa shape index (κ1) is 15.3. The zero-order chi connectivity index (χ0) is 13.2. The normalized spacial score (nSPS) is 22.2. The van der Waals surface area contributed by atoms with Crippen molar-refractivity contribution in [1.82, 2.24) is 10.2 Å². The summed E-state index contributed by atoms with van der Waals surface area (Å²) in [5.74, 6) is 0.235. The van der Waals surface area contributed by atoms with E-state index in [-0.39, 0.29) is 18.3 Å². The lowest BCUT2D eigenvalue weighted by molar-refractivity contribution is -0.120. The Bertz CT molecular complexity index is 480. The minimum Gasteiger partial charge on any atom is -0.314 e. The van der Waals surface area contributed by atoms with Crippen LogP contribution >= 0.6 is 12.4 Å². The average Bonchev–Trinajstić information content (AvgIpc) is 2.85. The highest BCUT2D eigenvalue weighted by atomic mass is 35.5. The third kappa shape index (κ3) is 2.97. The van der Waals surface area contributed by atoms with Crippen molar-refractivity contribution in [2.75, 3.05) is 37.6 Å². The van der Waals surface area contributed by atoms with Crippen LogP contribution in [-0.2, 0) is 11.2 Å². The molecule has 5 heteroatoms. The first-order valence-corrected chi connectivity index (χ1v) is 7.09. The van der Waals surface area contributed by atoms with Crippen molar-refractivity contribution in [1.29, 1.82) is 0 Å². The van der Waals surface area contributed by atoms with E-state index in [1.54, 1.807) is 0 Å². The van der Waals surface area contributed by atoms with E-state index in [1.165, 1.54) is 5.56 Å². The van der Waals surface area contributed by atoms with Gasteiger partial charge in [-0.2, -0.15) is 0 Å². The molecule has 1 aromatic rings. The summed E-state index contributed by atoms with van der Waals surface area (Å²) in [6.45, 7) is 6.47. The maximum atomic E-state index is 12.5. The van der Waals surface area contributed by atoms with Crippen molar-refractivity contribution in [3.63, 3.8) is 0 Å². The second-order valence-corrected chi connectivity index (χ2v) is 5.45. The van der Waals surface area contributed by atoms with E-state index in [9.17, 15) is 4.79 Å². The van der Waals surface area contributed by atoms with Gasteiger partial charge in [0.25, 0.3) is 0 Å². The fourth-order valence-electron chi connectivity index (χ4n) is 2.97. The second-order valence-electron chi connectivity index (χ2n) is 5.45. The smallest absolute Gasteiger partial charge is 0.241 e. The Morgan fingerprint density at radius 2 is 2.15 bits per heavy atom. The van der Waals surface area contributed by atoms with Crippen LogP contribution in [0.4, 0.5) is 5.69 Å². The van der Waals surface area contributed by atoms with Crippen LogP contribution in [-0.4, -0.2) is 49.6 Å². The van der Waals surface area contributed by atoms with Gasteiger partial charge in [0.2, 0.25) is 5.91 Å². The molecule has 110 valence electrons. The molecule has 1 atom stereocenters. The van der Waals surface area contributed by atoms with E-state index < -0.39 is 0 Å². The van der Waals surface area contributed by atoms with Crippen LogP contribution in [0.5, 0.6) is 0 Å². The summed E-state index contributed by atoms with van der Waals surface area (Å²) < 4.78 is 0. The molecule has 0 saturated carbocycles. The summed E-state index contributed by atoms with van der Waals surface area (Å²) in [6.07, 6.45) is 0.985. The van der Waals surface area contributed by atoms with Crippen molar-refractivity contribution in [3.8, 4) is 0 Å². The van der Waals surface area contributed by atoms with Gasteiger partial charge in [0, 0.05) is 37.9 Å². The zero-order valence-corrected chi connectivity index (χ0v) is 12.7. The number of para-hydroxylation sites is 1. The number of nitrogens with zero attached hydrogens (tertiary/aromatic N) is 2. The summed E-state index contributed by atoms with van der Waals surface area (Å²) >= 11 is 0. The molecule has 1 saturated heterocycles. The number of rotatable bonds is 2. The number of nitrogens with one attached hydrogen (secondary N) is 1. The van der Waals surface area contributed by atoms with Crippen LogP contribution in [0.2, 0.25) is 0 Å². The number of halogens is 1. The summed E-state index contributed by atoms with van der Waals surface area (Å²) in [4.78, 5) is 16.7. The molecule has 2 aliphatic rings. The molecular formula is C15H22ClN3O. The van der Waals surface area contributed by atoms with Gasteiger partial charge >= 0.3 is 0 Å². The lowest BCUT2D eigenvalue weighted by Crippen LogP contribution is -2.53. The molecule has 0 bridgehead atoms. The van der Waals surface area contributed by atoms with Crippen molar-refractivity contribution in [2.45, 2.75) is 19.4 Å². The molecule has 0 aromatic heterocycles. The quantitative estimate of drug-likeness (QED) is 0.893. The monoisotopic (exact) mass is 295 g/mol. The van der Waals surface area contributed by atoms with E-state index in [4.69, 9.17) is 0 Å². The molecule has 1 unspecified atom stereocenters. The van der Waals surface area contributed by atoms with Crippen molar-refractivity contribution in [2.24, 2.45) is 0 Å². The van der Waals surface area contributed by atoms with Crippen LogP contribution in [0.3, 0.4) is 0 Å². The molecular weight excluding hydrogens is 274 g/mol. The van der Waals surface area contributed by atoms with Gasteiger partial charge < -0.3 is 10.2 Å². The second kappa shape index (κ2) is 6.57. The van der Waals surface area contributed by atoms with Gasteiger partial charge in [-0.15, -0.1) is 12.4 Å². The molecule has 2 aliphatic heterocycles. The largest absolute Gasteiger partial charge is 0.314 e. The molecule has 0 aliphatic carbocycles. The molecule has 2 heterocycles. The van der Waals surface area contributed by atoms with Crippen molar-refractivity contribution < 1.29 is 4.79 Å². The third-order valence-corrected chi connectivity index (χ3v) is 4.17. The molecule has 1 aromatic carbocycles. The van der Waals surface area contributed by atoms with E-state index in [1.807, 2.05) is 17.0 Å². The van der Waals surface area contributed by atoms with Gasteiger partial charge in [0.1, 0.15) is 0 Å². The highest BCUT2D eigenvalue weighted by Gasteiger charge is 2.27. The Labute approximate surface area is 126 Å². The Morgan fingerprint density at radius 3 is 2.95 bits per heavy atom. The summed E-state index contributed by atoms with van der Waals surface area (Å²) in [5, 5.41) is 3.36. The summed E-state index contributed by atoms with van der Waals surface area (Å²) in [7, 11) is 0. The number of carbonyl (C=O) groups excluding carboxylic acids is 1. The maximum Gasteiger partial charge on any atom is 0.241 e. The number of piperazine rings is 1. The van der Waals surface area contributed by atoms with Crippen LogP contribution in [0.1, 0.15) is 12.5 Å². The molecule has 20 heavy (non-hydrogen) atoms. The molecule has 0 radical (unpaired) electrons. The van der Waals surface area contributed by atoms with Crippen LogP contribution in [0.15, 0.2) is 24.3 Å². The van der Waals surface area contributed by atoms with Gasteiger partial charge in [-0.25, -0.2) is 0 Å². The number of fused-ring (bicyclic) bond motifs is 1. The first-order chi connectivity index (χ1) is 9.25. The predicted octanol–water partition coefficient (Wildman–Crippen LogP) is 1.29. The number of hydrogen-bond acceptors (Lipinski definition) is 3. The fraction of sp³-hybridized carbons (Fsp3) is 0.533. The number of hydrogen-bond donors (Lipinski definition) is 1. The Kier molecular flexibility index (Phi) is 5.02. The predicted molar refractivity (Wildman–Crippen MR) is 83.7 cm³/mol. The van der Waals surface area contributed by atoms with E-state index in [2.05, 4.69) is 29.3 Å². The number of amides is 1. The number of benzene rings is 1. The van der Waals surface area contributed by atoms with Crippen molar-refractivity contribution in [3.05, 3.63) is 29.8 Å². The van der Waals surface area contributed by atoms with Crippen molar-refractivity contribution >= 4 is 24.0 Å². The van der Waals surface area contributed by atoms with Gasteiger partial charge in [-0.3, -0.25) is 9.69 Å². The molecule has 1 fully saturated rings. The van der Waals surface area contributed by atoms with Gasteiger partial charge in [0.05, 0.1) is 6.54 Å². The Morgan fingerprint density at radius 1 is 1.35 bits per heavy atom. The molecule has 1 N–H and O–H groups in total. The number of anilines is 1. The van der Waals surface area contributed by atoms with Gasteiger partial charge in [-0.1, -0.05) is 18.2 Å². The van der Waals surface area contributed by atoms with Crippen LogP contribution in [0.25, 0.3) is 0 Å². The fourth-order valence-corrected chi connectivity index (χ4v) is 2.97. The highest BCUT2D eigenvalue weighted by molar-refractivity contribution is 5.96. The van der Waals surface area contributed by atoms with Crippen LogP contribution in [0, 0.1) is 0 Å². The number of carbonyl (C=O) groups is 1. The third-order valence-electron chi connectivity index (χ3n) is 4.17. The Hall–Kier alpha value is -1.10. The minimum atomic E-state index is 0. The molecule has 0 spiro atoms. The van der Waals surface area contributed by atoms with Gasteiger partial charge in [-0.05, 0) is 25.0 Å². The SMILES string of the molecule is CC1CNCCN1CC(=O)N1CCc2ccccc21.Cl. The summed E-state index contributed by atoms with van der Waals surface area (Å²) in [5.41, 5.74) is 2.40. The average molecular weight is 296 g/mol. The first-order valence-electron chi connectivity index (χ1n) is 7.09. The zero-order valence-electron chi connectivity index (χ0n) is 11.8. The molecule has 1 amide bonds. The van der Waals surface area contributed by atoms with E-state index in [0.717, 1.165) is 38.3 Å². The highest BCUT2D eigenvalue weighted by Crippen LogP contribution is 2.27. The molecule has 3 rings (SSSR count). The Balaban J connectivity index is 0.00000147. The summed E-state index contributed by atoms with van der Waals surface area (Å²) in [6, 6.07) is 8.68. The lowest BCUT2D eigenvalue weighted by atomic mass is 10.2. The topological polar surface area (TPSA) is 35.6 Å². The minimum absolute atomic E-state index is 0. The van der Waals surface area contributed by atoms with Crippen LogP contribution < -0.4 is 10.2 Å². The molecule has 4 nitrogen and oxygen atoms in total.